The molecule has 0 radical (unpaired) electrons. The first kappa shape index (κ1) is 20.9. The van der Waals surface area contributed by atoms with E-state index in [-0.39, 0.29) is 5.69 Å². The zero-order valence-electron chi connectivity index (χ0n) is 16.6. The van der Waals surface area contributed by atoms with Gasteiger partial charge in [0.05, 0.1) is 22.0 Å². The molecule has 3 aromatic rings. The Kier molecular flexibility index (Phi) is 5.52. The van der Waals surface area contributed by atoms with E-state index in [9.17, 15) is 19.7 Å². The minimum Gasteiger partial charge on any atom is -0.366 e. The number of nitro benzene ring substituents is 1. The summed E-state index contributed by atoms with van der Waals surface area (Å²) in [4.78, 5) is 38.9. The second kappa shape index (κ2) is 8.43. The van der Waals surface area contributed by atoms with Crippen LogP contribution in [-0.4, -0.2) is 33.5 Å². The maximum absolute atomic E-state index is 12.8. The molecule has 11 nitrogen and oxygen atoms in total. The first-order chi connectivity index (χ1) is 15.3. The monoisotopic (exact) mass is 449 g/mol. The van der Waals surface area contributed by atoms with Crippen molar-refractivity contribution in [1.82, 2.24) is 4.98 Å². The number of carbonyl (C=O) groups excluding carboxylic acids is 2. The summed E-state index contributed by atoms with van der Waals surface area (Å²) in [5.41, 5.74) is 7.46. The van der Waals surface area contributed by atoms with Crippen molar-refractivity contribution in [2.75, 3.05) is 5.01 Å². The fourth-order valence-corrected chi connectivity index (χ4v) is 3.70. The minimum atomic E-state index is -0.907. The second-order valence-corrected chi connectivity index (χ2v) is 7.58. The van der Waals surface area contributed by atoms with Crippen LogP contribution in [0.15, 0.2) is 69.2 Å². The number of rotatable bonds is 6. The molecule has 0 unspecified atom stereocenters. The molecule has 1 aliphatic heterocycles. The van der Waals surface area contributed by atoms with Crippen molar-refractivity contribution in [2.24, 2.45) is 21.1 Å². The van der Waals surface area contributed by atoms with Gasteiger partial charge in [0.1, 0.15) is 0 Å². The number of hydrazone groups is 1. The highest BCUT2D eigenvalue weighted by Crippen LogP contribution is 2.32. The Morgan fingerprint density at radius 2 is 2.00 bits per heavy atom. The average molecular weight is 449 g/mol. The maximum Gasteiger partial charge on any atom is 0.282 e. The number of aromatic nitrogens is 1. The van der Waals surface area contributed by atoms with Gasteiger partial charge < -0.3 is 5.73 Å². The Morgan fingerprint density at radius 1 is 1.25 bits per heavy atom. The summed E-state index contributed by atoms with van der Waals surface area (Å²) < 4.78 is 0. The summed E-state index contributed by atoms with van der Waals surface area (Å²) in [7, 11) is 0. The normalized spacial score (nSPS) is 15.9. The lowest BCUT2D eigenvalue weighted by Gasteiger charge is -2.08. The fourth-order valence-electron chi connectivity index (χ4n) is 2.92. The number of nitrogens with two attached hydrogens (primary N) is 1. The lowest BCUT2D eigenvalue weighted by molar-refractivity contribution is -0.384. The molecule has 1 aromatic heterocycles. The van der Waals surface area contributed by atoms with Crippen LogP contribution in [0.4, 0.5) is 16.5 Å². The molecule has 2 aromatic carbocycles. The van der Waals surface area contributed by atoms with Gasteiger partial charge in [-0.25, -0.2) is 4.98 Å². The number of amides is 2. The second-order valence-electron chi connectivity index (χ2n) is 6.74. The largest absolute Gasteiger partial charge is 0.366 e. The van der Waals surface area contributed by atoms with Crippen molar-refractivity contribution in [1.29, 1.82) is 0 Å². The number of carbonyl (C=O) groups is 2. The Bertz CT molecular complexity index is 1280. The van der Waals surface area contributed by atoms with E-state index in [1.54, 1.807) is 36.6 Å². The molecule has 160 valence electrons. The summed E-state index contributed by atoms with van der Waals surface area (Å²) in [6.45, 7) is 1.66. The van der Waals surface area contributed by atoms with Crippen molar-refractivity contribution in [2.45, 2.75) is 13.0 Å². The van der Waals surface area contributed by atoms with Crippen molar-refractivity contribution in [3.05, 3.63) is 69.6 Å². The third-order valence-corrected chi connectivity index (χ3v) is 5.38. The van der Waals surface area contributed by atoms with Gasteiger partial charge >= 0.3 is 0 Å². The van der Waals surface area contributed by atoms with Crippen LogP contribution in [0.1, 0.15) is 17.3 Å². The van der Waals surface area contributed by atoms with E-state index in [4.69, 9.17) is 5.73 Å². The van der Waals surface area contributed by atoms with E-state index < -0.39 is 22.8 Å². The first-order valence-corrected chi connectivity index (χ1v) is 10.1. The van der Waals surface area contributed by atoms with Crippen molar-refractivity contribution in [3.63, 3.8) is 0 Å². The van der Waals surface area contributed by atoms with Crippen molar-refractivity contribution >= 4 is 45.4 Å². The molecule has 0 aliphatic carbocycles. The Hall–Kier alpha value is -4.32. The lowest BCUT2D eigenvalue weighted by Crippen LogP contribution is -2.29. The number of nitro groups is 1. The summed E-state index contributed by atoms with van der Waals surface area (Å²) in [5, 5.41) is 26.6. The molecule has 0 saturated carbocycles. The van der Waals surface area contributed by atoms with Gasteiger partial charge in [0, 0.05) is 28.6 Å². The van der Waals surface area contributed by atoms with Crippen molar-refractivity contribution < 1.29 is 14.5 Å². The van der Waals surface area contributed by atoms with E-state index in [0.717, 1.165) is 5.01 Å². The molecule has 12 heteroatoms. The number of nitrogens with zero attached hydrogens (tertiary/aromatic N) is 6. The number of primary amides is 1. The van der Waals surface area contributed by atoms with Crippen LogP contribution in [-0.2, 0) is 4.79 Å². The van der Waals surface area contributed by atoms with E-state index >= 15 is 0 Å². The number of benzene rings is 2. The Balaban J connectivity index is 1.52. The smallest absolute Gasteiger partial charge is 0.282 e. The van der Waals surface area contributed by atoms with Crippen LogP contribution in [0.25, 0.3) is 11.3 Å². The summed E-state index contributed by atoms with van der Waals surface area (Å²) in [6.07, 6.45) is 0. The standard InChI is InChI=1S/C20H15N7O4S/c1-11-17(24-23-14-7-5-12(6-8-14)18(21)28)19(29)26(25-11)20-22-16(10-32-20)13-3-2-4-15(9-13)27(30)31/h2-10,17H,1H3,(H2,21,28)/t17-/m0/s1. The predicted molar refractivity (Wildman–Crippen MR) is 118 cm³/mol. The maximum atomic E-state index is 12.8. The molecular weight excluding hydrogens is 434 g/mol. The number of hydrogen-bond donors (Lipinski definition) is 1. The SMILES string of the molecule is CC1=NN(c2nc(-c3cccc([N+](=O)[O-])c3)cs2)C(=O)[C@H]1N=Nc1ccc(C(N)=O)cc1. The van der Waals surface area contributed by atoms with Gasteiger partial charge in [-0.15, -0.1) is 11.3 Å². The fraction of sp³-hybridized carbons (Fsp3) is 0.100. The first-order valence-electron chi connectivity index (χ1n) is 9.23. The van der Waals surface area contributed by atoms with Crippen LogP contribution < -0.4 is 10.7 Å². The van der Waals surface area contributed by atoms with Gasteiger partial charge in [-0.1, -0.05) is 12.1 Å². The number of azo groups is 1. The van der Waals surface area contributed by atoms with E-state index in [1.807, 2.05) is 0 Å². The predicted octanol–water partition coefficient (Wildman–Crippen LogP) is 3.69. The van der Waals surface area contributed by atoms with E-state index in [2.05, 4.69) is 20.3 Å². The molecule has 0 bridgehead atoms. The zero-order chi connectivity index (χ0) is 22.8. The van der Waals surface area contributed by atoms with Gasteiger partial charge in [-0.05, 0) is 31.2 Å². The Labute approximate surface area is 185 Å². The molecule has 0 spiro atoms. The summed E-state index contributed by atoms with van der Waals surface area (Å²) in [6, 6.07) is 11.4. The van der Waals surface area contributed by atoms with Crippen LogP contribution in [0.3, 0.4) is 0 Å². The third-order valence-electron chi connectivity index (χ3n) is 4.56. The molecule has 1 atom stereocenters. The van der Waals surface area contributed by atoms with Gasteiger partial charge in [0.15, 0.2) is 6.04 Å². The topological polar surface area (TPSA) is 157 Å². The van der Waals surface area contributed by atoms with Crippen LogP contribution in [0.2, 0.25) is 0 Å². The van der Waals surface area contributed by atoms with Gasteiger partial charge in [0.2, 0.25) is 11.0 Å². The van der Waals surface area contributed by atoms with Gasteiger partial charge in [-0.2, -0.15) is 20.3 Å². The van der Waals surface area contributed by atoms with E-state index in [1.165, 1.54) is 35.6 Å². The zero-order valence-corrected chi connectivity index (χ0v) is 17.4. The molecule has 0 fully saturated rings. The number of thiazole rings is 1. The average Bonchev–Trinajstić information content (AvgIpc) is 3.37. The highest BCUT2D eigenvalue weighted by Gasteiger charge is 2.36. The number of hydrogen-bond acceptors (Lipinski definition) is 9. The Morgan fingerprint density at radius 3 is 2.69 bits per heavy atom. The van der Waals surface area contributed by atoms with Gasteiger partial charge in [0.25, 0.3) is 11.6 Å². The van der Waals surface area contributed by atoms with Crippen LogP contribution in [0, 0.1) is 10.1 Å². The molecule has 2 amide bonds. The molecule has 2 N–H and O–H groups in total. The summed E-state index contributed by atoms with van der Waals surface area (Å²) in [5.74, 6) is -0.967. The molecule has 0 saturated heterocycles. The number of non-ortho nitro benzene ring substituents is 1. The molecular formula is C20H15N7O4S. The summed E-state index contributed by atoms with van der Waals surface area (Å²) >= 11 is 1.18. The number of anilines is 1. The van der Waals surface area contributed by atoms with Gasteiger partial charge in [-0.3, -0.25) is 19.7 Å². The van der Waals surface area contributed by atoms with Crippen LogP contribution >= 0.6 is 11.3 Å². The molecule has 1 aliphatic rings. The molecule has 4 rings (SSSR count). The van der Waals surface area contributed by atoms with E-state index in [0.29, 0.717) is 33.4 Å². The lowest BCUT2D eigenvalue weighted by atomic mass is 10.1. The quantitative estimate of drug-likeness (QED) is 0.345. The third kappa shape index (κ3) is 4.11. The highest BCUT2D eigenvalue weighted by atomic mass is 32.1. The highest BCUT2D eigenvalue weighted by molar-refractivity contribution is 7.14. The molecule has 32 heavy (non-hydrogen) atoms. The minimum absolute atomic E-state index is 0.0486. The van der Waals surface area contributed by atoms with Crippen LogP contribution in [0.5, 0.6) is 0 Å². The van der Waals surface area contributed by atoms with Crippen molar-refractivity contribution in [3.8, 4) is 11.3 Å². The molecule has 2 heterocycles.